The molecule has 0 aliphatic heterocycles. The molecule has 0 saturated carbocycles. The van der Waals surface area contributed by atoms with E-state index < -0.39 is 0 Å². The van der Waals surface area contributed by atoms with Crippen LogP contribution < -0.4 is 5.32 Å². The van der Waals surface area contributed by atoms with Gasteiger partial charge in [-0.25, -0.2) is 0 Å². The van der Waals surface area contributed by atoms with E-state index in [0.29, 0.717) is 6.04 Å². The number of hydrogen-bond acceptors (Lipinski definition) is 2. The molecule has 0 aromatic heterocycles. The minimum absolute atomic E-state index is 0.462. The van der Waals surface area contributed by atoms with Crippen LogP contribution in [0.25, 0.3) is 0 Å². The molecule has 0 fully saturated rings. The molecule has 2 aromatic carbocycles. The van der Waals surface area contributed by atoms with Gasteiger partial charge < -0.3 is 5.32 Å². The highest BCUT2D eigenvalue weighted by Crippen LogP contribution is 2.37. The quantitative estimate of drug-likeness (QED) is 0.773. The smallest absolute Gasteiger partial charge is 0.0520 e. The zero-order chi connectivity index (χ0) is 13.9. The topological polar surface area (TPSA) is 12.0 Å². The molecule has 1 N–H and O–H groups in total. The number of hydrogen-bond donors (Lipinski definition) is 1. The second-order valence-corrected chi connectivity index (χ2v) is 6.67. The van der Waals surface area contributed by atoms with E-state index in [1.165, 1.54) is 40.1 Å². The van der Waals surface area contributed by atoms with Crippen molar-refractivity contribution in [3.8, 4) is 0 Å². The number of para-hydroxylation sites is 1. The molecule has 1 aliphatic rings. The van der Waals surface area contributed by atoms with Gasteiger partial charge in [-0.3, -0.25) is 0 Å². The first-order valence-corrected chi connectivity index (χ1v) is 8.34. The lowest BCUT2D eigenvalue weighted by Crippen LogP contribution is -2.08. The van der Waals surface area contributed by atoms with Gasteiger partial charge in [-0.15, -0.1) is 11.8 Å². The fourth-order valence-electron chi connectivity index (χ4n) is 2.93. The Morgan fingerprint density at radius 2 is 2.05 bits per heavy atom. The molecule has 1 nitrogen and oxygen atoms in total. The van der Waals surface area contributed by atoms with Gasteiger partial charge in [0.15, 0.2) is 0 Å². The molecule has 2 aromatic rings. The van der Waals surface area contributed by atoms with E-state index in [0.717, 1.165) is 5.75 Å². The zero-order valence-corrected chi connectivity index (χ0v) is 13.0. The van der Waals surface area contributed by atoms with Crippen molar-refractivity contribution in [2.75, 3.05) is 11.1 Å². The number of nitrogens with one attached hydrogen (secondary N) is 1. The summed E-state index contributed by atoms with van der Waals surface area (Å²) in [6, 6.07) is 16.0. The molecule has 1 aliphatic carbocycles. The van der Waals surface area contributed by atoms with Crippen LogP contribution in [0.3, 0.4) is 0 Å². The van der Waals surface area contributed by atoms with Crippen molar-refractivity contribution in [1.29, 1.82) is 0 Å². The SMILES string of the molecule is CCSc1ccccc1NC1CCc2ccc(C)cc21. The van der Waals surface area contributed by atoms with Gasteiger partial charge in [0.05, 0.1) is 6.04 Å². The number of thioether (sulfide) groups is 1. The van der Waals surface area contributed by atoms with Crippen LogP contribution >= 0.6 is 11.8 Å². The van der Waals surface area contributed by atoms with E-state index in [4.69, 9.17) is 0 Å². The van der Waals surface area contributed by atoms with Crippen LogP contribution in [0.2, 0.25) is 0 Å². The molecule has 3 rings (SSSR count). The highest BCUT2D eigenvalue weighted by molar-refractivity contribution is 7.99. The Morgan fingerprint density at radius 3 is 2.90 bits per heavy atom. The average Bonchev–Trinajstić information content (AvgIpc) is 2.84. The second kappa shape index (κ2) is 5.92. The zero-order valence-electron chi connectivity index (χ0n) is 12.1. The second-order valence-electron chi connectivity index (χ2n) is 5.37. The third-order valence-electron chi connectivity index (χ3n) is 3.90. The van der Waals surface area contributed by atoms with Crippen LogP contribution in [0.1, 0.15) is 36.1 Å². The summed E-state index contributed by atoms with van der Waals surface area (Å²) in [5, 5.41) is 3.76. The van der Waals surface area contributed by atoms with E-state index in [1.807, 2.05) is 11.8 Å². The highest BCUT2D eigenvalue weighted by Gasteiger charge is 2.22. The van der Waals surface area contributed by atoms with Gasteiger partial charge in [0.2, 0.25) is 0 Å². The molecule has 0 amide bonds. The van der Waals surface area contributed by atoms with Crippen LogP contribution in [0.15, 0.2) is 47.4 Å². The van der Waals surface area contributed by atoms with Crippen molar-refractivity contribution in [2.45, 2.75) is 37.6 Å². The number of rotatable bonds is 4. The maximum Gasteiger partial charge on any atom is 0.0520 e. The maximum atomic E-state index is 3.76. The molecular formula is C18H21NS. The van der Waals surface area contributed by atoms with Crippen LogP contribution in [0.4, 0.5) is 5.69 Å². The molecule has 0 spiro atoms. The van der Waals surface area contributed by atoms with Crippen molar-refractivity contribution in [3.05, 3.63) is 59.2 Å². The van der Waals surface area contributed by atoms with Gasteiger partial charge in [-0.2, -0.15) is 0 Å². The van der Waals surface area contributed by atoms with Gasteiger partial charge in [0, 0.05) is 10.6 Å². The molecule has 1 unspecified atom stereocenters. The first kappa shape index (κ1) is 13.6. The Kier molecular flexibility index (Phi) is 4.02. The van der Waals surface area contributed by atoms with Gasteiger partial charge >= 0.3 is 0 Å². The van der Waals surface area contributed by atoms with E-state index >= 15 is 0 Å². The summed E-state index contributed by atoms with van der Waals surface area (Å²) in [5.41, 5.74) is 5.63. The summed E-state index contributed by atoms with van der Waals surface area (Å²) < 4.78 is 0. The van der Waals surface area contributed by atoms with E-state index in [9.17, 15) is 0 Å². The lowest BCUT2D eigenvalue weighted by Gasteiger charge is -2.18. The minimum Gasteiger partial charge on any atom is -0.377 e. The van der Waals surface area contributed by atoms with E-state index in [-0.39, 0.29) is 0 Å². The maximum absolute atomic E-state index is 3.76. The Morgan fingerprint density at radius 1 is 1.20 bits per heavy atom. The van der Waals surface area contributed by atoms with Crippen LogP contribution in [-0.4, -0.2) is 5.75 Å². The van der Waals surface area contributed by atoms with Crippen molar-refractivity contribution in [3.63, 3.8) is 0 Å². The predicted molar refractivity (Wildman–Crippen MR) is 88.7 cm³/mol. The van der Waals surface area contributed by atoms with Crippen LogP contribution in [0.5, 0.6) is 0 Å². The summed E-state index contributed by atoms with van der Waals surface area (Å²) in [6.07, 6.45) is 2.39. The van der Waals surface area contributed by atoms with Crippen molar-refractivity contribution < 1.29 is 0 Å². The van der Waals surface area contributed by atoms with Crippen molar-refractivity contribution >= 4 is 17.4 Å². The molecule has 1 atom stereocenters. The predicted octanol–water partition coefficient (Wildman–Crippen LogP) is 5.21. The van der Waals surface area contributed by atoms with Gasteiger partial charge in [-0.1, -0.05) is 42.8 Å². The summed E-state index contributed by atoms with van der Waals surface area (Å²) in [5.74, 6) is 1.11. The first-order valence-electron chi connectivity index (χ1n) is 7.35. The Labute approximate surface area is 125 Å². The molecule has 0 heterocycles. The highest BCUT2D eigenvalue weighted by atomic mass is 32.2. The third-order valence-corrected chi connectivity index (χ3v) is 4.85. The molecule has 0 saturated heterocycles. The van der Waals surface area contributed by atoms with E-state index in [2.05, 4.69) is 61.6 Å². The van der Waals surface area contributed by atoms with Gasteiger partial charge in [-0.05, 0) is 48.8 Å². The molecule has 0 bridgehead atoms. The number of fused-ring (bicyclic) bond motifs is 1. The fourth-order valence-corrected chi connectivity index (χ4v) is 3.69. The first-order chi connectivity index (χ1) is 9.78. The van der Waals surface area contributed by atoms with Crippen molar-refractivity contribution in [1.82, 2.24) is 0 Å². The Hall–Kier alpha value is -1.41. The average molecular weight is 283 g/mol. The molecule has 2 heteroatoms. The van der Waals surface area contributed by atoms with Gasteiger partial charge in [0.1, 0.15) is 0 Å². The minimum atomic E-state index is 0.462. The van der Waals surface area contributed by atoms with Crippen LogP contribution in [-0.2, 0) is 6.42 Å². The monoisotopic (exact) mass is 283 g/mol. The molecule has 20 heavy (non-hydrogen) atoms. The van der Waals surface area contributed by atoms with Crippen LogP contribution in [0, 0.1) is 6.92 Å². The molecular weight excluding hydrogens is 262 g/mol. The number of aryl methyl sites for hydroxylation is 2. The fraction of sp³-hybridized carbons (Fsp3) is 0.333. The molecule has 0 radical (unpaired) electrons. The summed E-state index contributed by atoms with van der Waals surface area (Å²) in [4.78, 5) is 1.36. The largest absolute Gasteiger partial charge is 0.377 e. The van der Waals surface area contributed by atoms with Crippen molar-refractivity contribution in [2.24, 2.45) is 0 Å². The Balaban J connectivity index is 1.85. The number of benzene rings is 2. The summed E-state index contributed by atoms with van der Waals surface area (Å²) in [7, 11) is 0. The van der Waals surface area contributed by atoms with Gasteiger partial charge in [0.25, 0.3) is 0 Å². The summed E-state index contributed by atoms with van der Waals surface area (Å²) in [6.45, 7) is 4.38. The van der Waals surface area contributed by atoms with E-state index in [1.54, 1.807) is 0 Å². The number of anilines is 1. The lowest BCUT2D eigenvalue weighted by atomic mass is 10.0. The molecule has 104 valence electrons. The third kappa shape index (κ3) is 2.71. The lowest BCUT2D eigenvalue weighted by molar-refractivity contribution is 0.759. The Bertz CT molecular complexity index is 606. The normalized spacial score (nSPS) is 17.0. The standard InChI is InChI=1S/C18H21NS/c1-3-20-18-7-5-4-6-17(18)19-16-11-10-14-9-8-13(2)12-15(14)16/h4-9,12,16,19H,3,10-11H2,1-2H3. The summed E-state index contributed by atoms with van der Waals surface area (Å²) >= 11 is 1.91.